The molecule has 0 bridgehead atoms. The minimum absolute atomic E-state index is 0.0333. The number of nitrogens with one attached hydrogen (secondary N) is 1. The summed E-state index contributed by atoms with van der Waals surface area (Å²) in [5, 5.41) is 3.13. The van der Waals surface area contributed by atoms with Crippen molar-refractivity contribution in [3.63, 3.8) is 0 Å². The molecule has 0 radical (unpaired) electrons. The van der Waals surface area contributed by atoms with Gasteiger partial charge in [0.15, 0.2) is 0 Å². The van der Waals surface area contributed by atoms with Crippen LogP contribution in [0.1, 0.15) is 55.8 Å². The van der Waals surface area contributed by atoms with Crippen molar-refractivity contribution in [3.8, 4) is 0 Å². The normalized spacial score (nSPS) is 16.2. The summed E-state index contributed by atoms with van der Waals surface area (Å²) in [6, 6.07) is 17.1. The van der Waals surface area contributed by atoms with Crippen LogP contribution in [0.25, 0.3) is 0 Å². The highest BCUT2D eigenvalue weighted by Gasteiger charge is 2.16. The molecule has 3 rings (SSSR count). The first kappa shape index (κ1) is 19.5. The van der Waals surface area contributed by atoms with Gasteiger partial charge in [0, 0.05) is 25.2 Å². The molecule has 144 valence electrons. The molecule has 27 heavy (non-hydrogen) atoms. The van der Waals surface area contributed by atoms with E-state index in [4.69, 9.17) is 0 Å². The zero-order valence-corrected chi connectivity index (χ0v) is 16.9. The summed E-state index contributed by atoms with van der Waals surface area (Å²) < 4.78 is 0. The maximum Gasteiger partial charge on any atom is 0.220 e. The number of carbonyl (C=O) groups excluding carboxylic acids is 1. The van der Waals surface area contributed by atoms with Crippen molar-refractivity contribution in [1.82, 2.24) is 5.32 Å². The molecule has 2 aromatic carbocycles. The monoisotopic (exact) mass is 364 g/mol. The summed E-state index contributed by atoms with van der Waals surface area (Å²) >= 11 is 0. The fraction of sp³-hybridized carbons (Fsp3) is 0.458. The van der Waals surface area contributed by atoms with Crippen molar-refractivity contribution in [2.45, 2.75) is 52.5 Å². The average molecular weight is 365 g/mol. The van der Waals surface area contributed by atoms with E-state index in [9.17, 15) is 4.79 Å². The Bertz CT molecular complexity index is 728. The second-order valence-electron chi connectivity index (χ2n) is 8.04. The van der Waals surface area contributed by atoms with Crippen LogP contribution in [0.4, 0.5) is 5.69 Å². The average Bonchev–Trinajstić information content (AvgIpc) is 2.68. The molecule has 0 saturated carbocycles. The van der Waals surface area contributed by atoms with Crippen molar-refractivity contribution >= 4 is 11.6 Å². The number of hydrogen-bond acceptors (Lipinski definition) is 2. The fourth-order valence-corrected chi connectivity index (χ4v) is 3.65. The van der Waals surface area contributed by atoms with E-state index < -0.39 is 0 Å². The summed E-state index contributed by atoms with van der Waals surface area (Å²) in [5.41, 5.74) is 4.92. The van der Waals surface area contributed by atoms with Gasteiger partial charge in [-0.05, 0) is 62.3 Å². The van der Waals surface area contributed by atoms with Gasteiger partial charge < -0.3 is 10.2 Å². The van der Waals surface area contributed by atoms with Crippen LogP contribution in [0.15, 0.2) is 48.5 Å². The third-order valence-corrected chi connectivity index (χ3v) is 5.68. The molecule has 1 saturated heterocycles. The minimum Gasteiger partial charge on any atom is -0.372 e. The number of amides is 1. The zero-order valence-electron chi connectivity index (χ0n) is 16.9. The van der Waals surface area contributed by atoms with Crippen molar-refractivity contribution in [2.24, 2.45) is 5.92 Å². The fourth-order valence-electron chi connectivity index (χ4n) is 3.65. The lowest BCUT2D eigenvalue weighted by Crippen LogP contribution is -2.32. The van der Waals surface area contributed by atoms with Gasteiger partial charge in [-0.25, -0.2) is 0 Å². The highest BCUT2D eigenvalue weighted by Crippen LogP contribution is 2.24. The molecule has 0 unspecified atom stereocenters. The van der Waals surface area contributed by atoms with Gasteiger partial charge in [0.1, 0.15) is 0 Å². The van der Waals surface area contributed by atoms with Crippen LogP contribution < -0.4 is 10.2 Å². The van der Waals surface area contributed by atoms with Gasteiger partial charge in [-0.15, -0.1) is 0 Å². The quantitative estimate of drug-likeness (QED) is 0.779. The Balaban J connectivity index is 1.49. The summed E-state index contributed by atoms with van der Waals surface area (Å²) in [6.07, 6.45) is 3.85. The maximum absolute atomic E-state index is 12.3. The Morgan fingerprint density at radius 2 is 1.70 bits per heavy atom. The van der Waals surface area contributed by atoms with Gasteiger partial charge in [-0.2, -0.15) is 0 Å². The van der Waals surface area contributed by atoms with E-state index in [-0.39, 0.29) is 11.9 Å². The number of rotatable bonds is 6. The van der Waals surface area contributed by atoms with Crippen molar-refractivity contribution in [2.75, 3.05) is 18.0 Å². The standard InChI is InChI=1S/C24H32N2O/c1-18-4-6-21(7-5-18)8-13-24(27)25-20(3)22-9-11-23(12-10-22)26-16-14-19(2)15-17-26/h4-7,9-12,19-20H,8,13-17H2,1-3H3,(H,25,27)/t20-/m0/s1. The molecule has 1 aliphatic rings. The first-order chi connectivity index (χ1) is 13.0. The minimum atomic E-state index is 0.0333. The number of nitrogens with zero attached hydrogens (tertiary/aromatic N) is 1. The first-order valence-electron chi connectivity index (χ1n) is 10.2. The van der Waals surface area contributed by atoms with E-state index in [0.29, 0.717) is 6.42 Å². The van der Waals surface area contributed by atoms with Gasteiger partial charge in [-0.3, -0.25) is 4.79 Å². The molecule has 0 aliphatic carbocycles. The Labute approximate surface area is 163 Å². The molecule has 1 fully saturated rings. The summed E-state index contributed by atoms with van der Waals surface area (Å²) in [5.74, 6) is 0.952. The van der Waals surface area contributed by atoms with Crippen LogP contribution >= 0.6 is 0 Å². The summed E-state index contributed by atoms with van der Waals surface area (Å²) in [6.45, 7) is 8.76. The molecule has 1 N–H and O–H groups in total. The zero-order chi connectivity index (χ0) is 19.2. The maximum atomic E-state index is 12.3. The van der Waals surface area contributed by atoms with Gasteiger partial charge in [0.2, 0.25) is 5.91 Å². The lowest BCUT2D eigenvalue weighted by Gasteiger charge is -2.32. The van der Waals surface area contributed by atoms with Crippen LogP contribution in [0.2, 0.25) is 0 Å². The topological polar surface area (TPSA) is 32.3 Å². The predicted octanol–water partition coefficient (Wildman–Crippen LogP) is 5.04. The third kappa shape index (κ3) is 5.59. The van der Waals surface area contributed by atoms with Crippen LogP contribution in [0.3, 0.4) is 0 Å². The van der Waals surface area contributed by atoms with Crippen molar-refractivity contribution in [1.29, 1.82) is 0 Å². The molecular formula is C24H32N2O. The highest BCUT2D eigenvalue weighted by atomic mass is 16.1. The predicted molar refractivity (Wildman–Crippen MR) is 113 cm³/mol. The second kappa shape index (κ2) is 9.07. The molecule has 1 heterocycles. The van der Waals surface area contributed by atoms with Crippen LogP contribution in [-0.2, 0) is 11.2 Å². The molecule has 2 aromatic rings. The third-order valence-electron chi connectivity index (χ3n) is 5.68. The number of hydrogen-bond donors (Lipinski definition) is 1. The lowest BCUT2D eigenvalue weighted by molar-refractivity contribution is -0.121. The summed E-state index contributed by atoms with van der Waals surface area (Å²) in [4.78, 5) is 14.8. The molecule has 3 heteroatoms. The van der Waals surface area contributed by atoms with E-state index in [1.807, 2.05) is 0 Å². The number of aryl methyl sites for hydroxylation is 2. The van der Waals surface area contributed by atoms with Crippen LogP contribution in [0.5, 0.6) is 0 Å². The van der Waals surface area contributed by atoms with E-state index >= 15 is 0 Å². The number of carbonyl (C=O) groups is 1. The number of benzene rings is 2. The van der Waals surface area contributed by atoms with Crippen molar-refractivity contribution < 1.29 is 4.79 Å². The van der Waals surface area contributed by atoms with Gasteiger partial charge in [0.25, 0.3) is 0 Å². The Kier molecular flexibility index (Phi) is 6.54. The molecule has 3 nitrogen and oxygen atoms in total. The van der Waals surface area contributed by atoms with E-state index in [1.165, 1.54) is 29.7 Å². The molecule has 1 atom stereocenters. The first-order valence-corrected chi connectivity index (χ1v) is 10.2. The Morgan fingerprint density at radius 1 is 1.07 bits per heavy atom. The second-order valence-corrected chi connectivity index (χ2v) is 8.04. The van der Waals surface area contributed by atoms with E-state index in [1.54, 1.807) is 0 Å². The molecule has 0 aromatic heterocycles. The van der Waals surface area contributed by atoms with Gasteiger partial charge in [0.05, 0.1) is 6.04 Å². The highest BCUT2D eigenvalue weighted by molar-refractivity contribution is 5.76. The van der Waals surface area contributed by atoms with Crippen molar-refractivity contribution in [3.05, 3.63) is 65.2 Å². The summed E-state index contributed by atoms with van der Waals surface area (Å²) in [7, 11) is 0. The van der Waals surface area contributed by atoms with Crippen LogP contribution in [-0.4, -0.2) is 19.0 Å². The van der Waals surface area contributed by atoms with E-state index in [0.717, 1.165) is 31.0 Å². The van der Waals surface area contributed by atoms with Crippen LogP contribution in [0, 0.1) is 12.8 Å². The molecule has 1 aliphatic heterocycles. The van der Waals surface area contributed by atoms with Gasteiger partial charge >= 0.3 is 0 Å². The largest absolute Gasteiger partial charge is 0.372 e. The Morgan fingerprint density at radius 3 is 2.33 bits per heavy atom. The van der Waals surface area contributed by atoms with E-state index in [2.05, 4.69) is 79.5 Å². The SMILES string of the molecule is Cc1ccc(CCC(=O)N[C@@H](C)c2ccc(N3CCC(C)CC3)cc2)cc1. The number of anilines is 1. The van der Waals surface area contributed by atoms with Gasteiger partial charge in [-0.1, -0.05) is 48.9 Å². The molecular weight excluding hydrogens is 332 g/mol. The molecule has 1 amide bonds. The smallest absolute Gasteiger partial charge is 0.220 e. The number of piperidine rings is 1. The Hall–Kier alpha value is -2.29. The molecule has 0 spiro atoms. The lowest BCUT2D eigenvalue weighted by atomic mass is 9.98.